The second-order valence-electron chi connectivity index (χ2n) is 5.45. The lowest BCUT2D eigenvalue weighted by molar-refractivity contribution is 0.0918. The van der Waals surface area contributed by atoms with E-state index >= 15 is 0 Å². The first-order chi connectivity index (χ1) is 10.8. The van der Waals surface area contributed by atoms with E-state index in [4.69, 9.17) is 4.74 Å². The summed E-state index contributed by atoms with van der Waals surface area (Å²) in [6, 6.07) is 4.07. The summed E-state index contributed by atoms with van der Waals surface area (Å²) in [6.45, 7) is 0. The molecule has 1 aliphatic carbocycles. The zero-order valence-electron chi connectivity index (χ0n) is 12.5. The van der Waals surface area contributed by atoms with Crippen molar-refractivity contribution in [2.45, 2.75) is 37.8 Å². The number of ether oxygens (including phenoxy) is 1. The molecule has 1 N–H and O–H groups in total. The summed E-state index contributed by atoms with van der Waals surface area (Å²) in [5, 5.41) is 10.8. The van der Waals surface area contributed by atoms with Crippen molar-refractivity contribution in [3.05, 3.63) is 36.5 Å². The predicted molar refractivity (Wildman–Crippen MR) is 79.6 cm³/mol. The Labute approximate surface area is 128 Å². The van der Waals surface area contributed by atoms with Crippen molar-refractivity contribution in [1.29, 1.82) is 0 Å². The molecule has 0 atom stereocenters. The number of carbonyl (C=O) groups is 1. The minimum absolute atomic E-state index is 0.127. The quantitative estimate of drug-likeness (QED) is 0.927. The molecule has 22 heavy (non-hydrogen) atoms. The lowest BCUT2D eigenvalue weighted by atomic mass is 9.91. The lowest BCUT2D eigenvalue weighted by Crippen LogP contribution is -2.38. The fraction of sp³-hybridized carbons (Fsp3) is 0.467. The van der Waals surface area contributed by atoms with E-state index in [1.54, 1.807) is 31.0 Å². The fourth-order valence-corrected chi connectivity index (χ4v) is 2.90. The average Bonchev–Trinajstić information content (AvgIpc) is 3.10. The van der Waals surface area contributed by atoms with Gasteiger partial charge in [0.05, 0.1) is 7.11 Å². The van der Waals surface area contributed by atoms with E-state index in [9.17, 15) is 4.79 Å². The maximum atomic E-state index is 12.3. The summed E-state index contributed by atoms with van der Waals surface area (Å²) in [5.74, 6) is 0.232. The van der Waals surface area contributed by atoms with Gasteiger partial charge in [-0.3, -0.25) is 4.79 Å². The first-order valence-electron chi connectivity index (χ1n) is 7.42. The van der Waals surface area contributed by atoms with Gasteiger partial charge in [0.15, 0.2) is 0 Å². The molecule has 7 heteroatoms. The fourth-order valence-electron chi connectivity index (χ4n) is 2.90. The molecule has 0 spiro atoms. The highest BCUT2D eigenvalue weighted by atomic mass is 16.5. The first-order valence-corrected chi connectivity index (χ1v) is 7.42. The highest BCUT2D eigenvalue weighted by molar-refractivity contribution is 5.96. The van der Waals surface area contributed by atoms with Crippen LogP contribution in [0.4, 0.5) is 0 Å². The molecule has 1 amide bonds. The van der Waals surface area contributed by atoms with Crippen LogP contribution >= 0.6 is 0 Å². The van der Waals surface area contributed by atoms with Gasteiger partial charge < -0.3 is 14.6 Å². The SMILES string of the molecule is COc1ncccc1C(=O)NC1CCC(n2cnnc2)CC1. The summed E-state index contributed by atoms with van der Waals surface area (Å²) in [6.07, 6.45) is 9.02. The topological polar surface area (TPSA) is 81.9 Å². The zero-order valence-corrected chi connectivity index (χ0v) is 12.5. The predicted octanol–water partition coefficient (Wildman–Crippen LogP) is 1.60. The molecule has 0 radical (unpaired) electrons. The van der Waals surface area contributed by atoms with Gasteiger partial charge in [0, 0.05) is 18.3 Å². The Morgan fingerprint density at radius 2 is 2.00 bits per heavy atom. The molecule has 7 nitrogen and oxygen atoms in total. The van der Waals surface area contributed by atoms with E-state index in [2.05, 4.69) is 20.5 Å². The number of nitrogens with one attached hydrogen (secondary N) is 1. The normalized spacial score (nSPS) is 21.3. The van der Waals surface area contributed by atoms with Gasteiger partial charge in [0.25, 0.3) is 5.91 Å². The monoisotopic (exact) mass is 301 g/mol. The van der Waals surface area contributed by atoms with E-state index in [1.165, 1.54) is 7.11 Å². The molecule has 2 heterocycles. The molecule has 2 aromatic heterocycles. The Morgan fingerprint density at radius 3 is 2.68 bits per heavy atom. The number of carbonyl (C=O) groups excluding carboxylic acids is 1. The maximum absolute atomic E-state index is 12.3. The second-order valence-corrected chi connectivity index (χ2v) is 5.45. The standard InChI is InChI=1S/C15H19N5O2/c1-22-15-13(3-2-8-16-15)14(21)19-11-4-6-12(7-5-11)20-9-17-18-10-20/h2-3,8-12H,4-7H2,1H3,(H,19,21). The first kappa shape index (κ1) is 14.5. The van der Waals surface area contributed by atoms with Gasteiger partial charge in [0.1, 0.15) is 18.2 Å². The molecule has 1 aliphatic rings. The molecule has 2 aromatic rings. The van der Waals surface area contributed by atoms with Crippen LogP contribution in [-0.2, 0) is 0 Å². The molecular weight excluding hydrogens is 282 g/mol. The van der Waals surface area contributed by atoms with Gasteiger partial charge in [-0.1, -0.05) is 0 Å². The lowest BCUT2D eigenvalue weighted by Gasteiger charge is -2.29. The Balaban J connectivity index is 1.57. The van der Waals surface area contributed by atoms with Crippen molar-refractivity contribution < 1.29 is 9.53 Å². The van der Waals surface area contributed by atoms with Crippen molar-refractivity contribution in [2.75, 3.05) is 7.11 Å². The van der Waals surface area contributed by atoms with Crippen molar-refractivity contribution >= 4 is 5.91 Å². The van der Waals surface area contributed by atoms with Crippen molar-refractivity contribution in [3.63, 3.8) is 0 Å². The number of hydrogen-bond donors (Lipinski definition) is 1. The van der Waals surface area contributed by atoms with Crippen molar-refractivity contribution in [2.24, 2.45) is 0 Å². The van der Waals surface area contributed by atoms with Gasteiger partial charge in [0.2, 0.25) is 5.88 Å². The smallest absolute Gasteiger partial charge is 0.256 e. The van der Waals surface area contributed by atoms with Gasteiger partial charge in [-0.2, -0.15) is 0 Å². The number of amides is 1. The molecule has 0 bridgehead atoms. The van der Waals surface area contributed by atoms with Crippen LogP contribution in [0.15, 0.2) is 31.0 Å². The van der Waals surface area contributed by atoms with Gasteiger partial charge >= 0.3 is 0 Å². The third kappa shape index (κ3) is 3.08. The number of rotatable bonds is 4. The van der Waals surface area contributed by atoms with Gasteiger partial charge in [-0.15, -0.1) is 10.2 Å². The minimum atomic E-state index is -0.127. The molecule has 0 aromatic carbocycles. The van der Waals surface area contributed by atoms with Crippen LogP contribution < -0.4 is 10.1 Å². The number of nitrogens with zero attached hydrogens (tertiary/aromatic N) is 4. The molecule has 0 aliphatic heterocycles. The second kappa shape index (κ2) is 6.55. The van der Waals surface area contributed by atoms with E-state index in [0.717, 1.165) is 25.7 Å². The summed E-state index contributed by atoms with van der Waals surface area (Å²) in [7, 11) is 1.52. The summed E-state index contributed by atoms with van der Waals surface area (Å²) < 4.78 is 7.18. The van der Waals surface area contributed by atoms with Crippen molar-refractivity contribution in [1.82, 2.24) is 25.1 Å². The van der Waals surface area contributed by atoms with Crippen LogP contribution in [0.25, 0.3) is 0 Å². The minimum Gasteiger partial charge on any atom is -0.480 e. The third-order valence-corrected chi connectivity index (χ3v) is 4.10. The van der Waals surface area contributed by atoms with Gasteiger partial charge in [-0.25, -0.2) is 4.98 Å². The van der Waals surface area contributed by atoms with Crippen LogP contribution in [-0.4, -0.2) is 38.8 Å². The van der Waals surface area contributed by atoms with E-state index in [1.807, 2.05) is 4.57 Å². The highest BCUT2D eigenvalue weighted by Gasteiger charge is 2.24. The number of aromatic nitrogens is 4. The van der Waals surface area contributed by atoms with Crippen LogP contribution in [0.2, 0.25) is 0 Å². The van der Waals surface area contributed by atoms with Crippen LogP contribution in [0, 0.1) is 0 Å². The Kier molecular flexibility index (Phi) is 4.32. The zero-order chi connectivity index (χ0) is 15.4. The number of pyridine rings is 1. The summed E-state index contributed by atoms with van der Waals surface area (Å²) >= 11 is 0. The average molecular weight is 301 g/mol. The highest BCUT2D eigenvalue weighted by Crippen LogP contribution is 2.28. The largest absolute Gasteiger partial charge is 0.480 e. The van der Waals surface area contributed by atoms with E-state index in [0.29, 0.717) is 17.5 Å². The van der Waals surface area contributed by atoms with Gasteiger partial charge in [-0.05, 0) is 37.8 Å². The molecule has 116 valence electrons. The number of methoxy groups -OCH3 is 1. The van der Waals surface area contributed by atoms with Crippen LogP contribution in [0.1, 0.15) is 42.1 Å². The third-order valence-electron chi connectivity index (χ3n) is 4.10. The Hall–Kier alpha value is -2.44. The molecule has 0 saturated heterocycles. The molecular formula is C15H19N5O2. The van der Waals surface area contributed by atoms with Crippen LogP contribution in [0.3, 0.4) is 0 Å². The van der Waals surface area contributed by atoms with E-state index < -0.39 is 0 Å². The summed E-state index contributed by atoms with van der Waals surface area (Å²) in [5.41, 5.74) is 0.478. The van der Waals surface area contributed by atoms with Crippen molar-refractivity contribution in [3.8, 4) is 5.88 Å². The Bertz CT molecular complexity index is 621. The maximum Gasteiger partial charge on any atom is 0.256 e. The van der Waals surface area contributed by atoms with E-state index in [-0.39, 0.29) is 11.9 Å². The molecule has 3 rings (SSSR count). The Morgan fingerprint density at radius 1 is 1.27 bits per heavy atom. The molecule has 0 unspecified atom stereocenters. The number of hydrogen-bond acceptors (Lipinski definition) is 5. The molecule has 1 saturated carbocycles. The molecule has 1 fully saturated rings. The summed E-state index contributed by atoms with van der Waals surface area (Å²) in [4.78, 5) is 16.4. The van der Waals surface area contributed by atoms with Crippen LogP contribution in [0.5, 0.6) is 5.88 Å².